The van der Waals surface area contributed by atoms with Gasteiger partial charge in [-0.3, -0.25) is 19.6 Å². The quantitative estimate of drug-likeness (QED) is 0.132. The molecule has 0 aromatic heterocycles. The summed E-state index contributed by atoms with van der Waals surface area (Å²) in [5.41, 5.74) is -2.32. The normalized spacial score (nSPS) is 30.7. The number of hydrogen-bond donors (Lipinski definition) is 1. The van der Waals surface area contributed by atoms with Gasteiger partial charge in [0.15, 0.2) is 22.8 Å². The third-order valence-electron chi connectivity index (χ3n) is 9.38. The van der Waals surface area contributed by atoms with Crippen molar-refractivity contribution >= 4 is 17.3 Å². The minimum Gasteiger partial charge on any atom is -0.488 e. The van der Waals surface area contributed by atoms with Gasteiger partial charge in [0.25, 0.3) is 0 Å². The van der Waals surface area contributed by atoms with Gasteiger partial charge in [0, 0.05) is 17.6 Å². The van der Waals surface area contributed by atoms with Crippen molar-refractivity contribution in [2.75, 3.05) is 0 Å². The molecule has 0 unspecified atom stereocenters. The molecule has 2 aliphatic carbocycles. The minimum atomic E-state index is -1.94. The van der Waals surface area contributed by atoms with Crippen molar-refractivity contribution in [3.63, 3.8) is 0 Å². The summed E-state index contributed by atoms with van der Waals surface area (Å²) >= 11 is 0. The second-order valence-electron chi connectivity index (χ2n) is 13.1. The Kier molecular flexibility index (Phi) is 7.46. The smallest absolute Gasteiger partial charge is 0.184 e. The molecule has 0 saturated heterocycles. The first-order chi connectivity index (χ1) is 18.2. The molecule has 39 heavy (non-hydrogen) atoms. The van der Waals surface area contributed by atoms with Crippen molar-refractivity contribution in [2.24, 2.45) is 22.2 Å². The van der Waals surface area contributed by atoms with Crippen molar-refractivity contribution in [2.45, 2.75) is 92.8 Å². The maximum atomic E-state index is 15.1. The van der Waals surface area contributed by atoms with Crippen LogP contribution >= 0.6 is 0 Å². The van der Waals surface area contributed by atoms with Gasteiger partial charge in [0.2, 0.25) is 0 Å². The van der Waals surface area contributed by atoms with Crippen molar-refractivity contribution in [1.82, 2.24) is 0 Å². The molecule has 0 amide bonds. The highest BCUT2D eigenvalue weighted by Gasteiger charge is 2.76. The third-order valence-corrected chi connectivity index (χ3v) is 9.38. The lowest BCUT2D eigenvalue weighted by Gasteiger charge is -2.61. The highest BCUT2D eigenvalue weighted by molar-refractivity contribution is 6.36. The number of rotatable bonds is 7. The molecule has 1 aromatic carbocycles. The predicted octanol–water partition coefficient (Wildman–Crippen LogP) is 7.06. The molecular formula is C33H42O6. The SMILES string of the molecule is CC(C)=CC[C@@H]1C[C@]2(CC=C(C)C)C(=O)[C@@](C(=O)c3ccccc3)(C(=O)C3=C2OC(C)(C)[C@@H](OO)C3)C1(C)C. The van der Waals surface area contributed by atoms with Crippen molar-refractivity contribution in [1.29, 1.82) is 0 Å². The standard InChI is InChI=1S/C33H42O6/c1-20(2)14-15-23-19-32(17-16-21(3)4)28-24(18-25(39-37)31(7,8)38-28)27(35)33(29(32)36,30(23,5)6)26(34)22-12-10-9-11-13-22/h9-14,16,23,25,37H,15,17-19H2,1-8H3/t23-,25+,32+,33-/m1/s1. The summed E-state index contributed by atoms with van der Waals surface area (Å²) in [6.07, 6.45) is 4.77. The zero-order valence-electron chi connectivity index (χ0n) is 24.5. The minimum absolute atomic E-state index is 0.0556. The van der Waals surface area contributed by atoms with Crippen molar-refractivity contribution in [3.8, 4) is 0 Å². The van der Waals surface area contributed by atoms with E-state index < -0.39 is 39.5 Å². The van der Waals surface area contributed by atoms with Crippen LogP contribution in [0.2, 0.25) is 0 Å². The highest BCUT2D eigenvalue weighted by atomic mass is 17.1. The number of carbonyl (C=O) groups excluding carboxylic acids is 3. The average molecular weight is 535 g/mol. The maximum Gasteiger partial charge on any atom is 0.184 e. The van der Waals surface area contributed by atoms with Crippen molar-refractivity contribution < 1.29 is 29.3 Å². The summed E-state index contributed by atoms with van der Waals surface area (Å²) in [7, 11) is 0. The van der Waals surface area contributed by atoms with Crippen LogP contribution < -0.4 is 0 Å². The number of benzene rings is 1. The van der Waals surface area contributed by atoms with Crippen LogP contribution in [-0.4, -0.2) is 34.3 Å². The molecule has 6 heteroatoms. The number of ketones is 3. The fourth-order valence-corrected chi connectivity index (χ4v) is 6.91. The molecule has 1 saturated carbocycles. The number of hydrogen-bond acceptors (Lipinski definition) is 6. The summed E-state index contributed by atoms with van der Waals surface area (Å²) in [5.74, 6) is -1.16. The van der Waals surface area contributed by atoms with Crippen LogP contribution in [0.1, 0.15) is 91.4 Å². The Morgan fingerprint density at radius 1 is 1.03 bits per heavy atom. The van der Waals surface area contributed by atoms with Gasteiger partial charge in [0.1, 0.15) is 17.5 Å². The summed E-state index contributed by atoms with van der Waals surface area (Å²) < 4.78 is 6.51. The molecule has 0 spiro atoms. The third kappa shape index (κ3) is 4.27. The average Bonchev–Trinajstić information content (AvgIpc) is 2.86. The molecule has 3 aliphatic rings. The molecule has 1 fully saturated rings. The van der Waals surface area contributed by atoms with Gasteiger partial charge in [-0.15, -0.1) is 0 Å². The van der Waals surface area contributed by atoms with Crippen LogP contribution in [0.5, 0.6) is 0 Å². The molecule has 4 rings (SSSR count). The molecule has 1 N–H and O–H groups in total. The molecule has 1 aromatic rings. The first kappa shape index (κ1) is 29.2. The zero-order chi connectivity index (χ0) is 29.0. The van der Waals surface area contributed by atoms with E-state index in [2.05, 4.69) is 6.08 Å². The number of ether oxygens (including phenoxy) is 1. The van der Waals surface area contributed by atoms with E-state index in [-0.39, 0.29) is 23.7 Å². The number of allylic oxidation sites excluding steroid dienone is 5. The van der Waals surface area contributed by atoms with E-state index in [1.54, 1.807) is 38.1 Å². The van der Waals surface area contributed by atoms with E-state index in [1.807, 2.05) is 53.7 Å². The lowest BCUT2D eigenvalue weighted by atomic mass is 9.39. The first-order valence-corrected chi connectivity index (χ1v) is 13.9. The van der Waals surface area contributed by atoms with E-state index in [9.17, 15) is 14.8 Å². The van der Waals surface area contributed by atoms with E-state index in [1.165, 1.54) is 0 Å². The topological polar surface area (TPSA) is 89.9 Å². The van der Waals surface area contributed by atoms with Crippen LogP contribution in [0.15, 0.2) is 65.0 Å². The molecule has 1 heterocycles. The largest absolute Gasteiger partial charge is 0.488 e. The second kappa shape index (κ2) is 9.97. The zero-order valence-corrected chi connectivity index (χ0v) is 24.5. The fourth-order valence-electron chi connectivity index (χ4n) is 6.91. The molecule has 0 radical (unpaired) electrons. The van der Waals surface area contributed by atoms with Crippen LogP contribution in [-0.2, 0) is 19.2 Å². The Balaban J connectivity index is 2.10. The highest BCUT2D eigenvalue weighted by Crippen LogP contribution is 2.67. The lowest BCUT2D eigenvalue weighted by Crippen LogP contribution is -2.71. The summed E-state index contributed by atoms with van der Waals surface area (Å²) in [4.78, 5) is 49.4. The van der Waals surface area contributed by atoms with Gasteiger partial charge in [-0.25, -0.2) is 4.89 Å². The predicted molar refractivity (Wildman–Crippen MR) is 150 cm³/mol. The Hall–Kier alpha value is -2.83. The monoisotopic (exact) mass is 534 g/mol. The molecule has 210 valence electrons. The van der Waals surface area contributed by atoms with E-state index in [0.717, 1.165) is 11.1 Å². The van der Waals surface area contributed by atoms with Crippen LogP contribution in [0, 0.1) is 22.2 Å². The van der Waals surface area contributed by atoms with Crippen LogP contribution in [0.3, 0.4) is 0 Å². The number of Topliss-reactive ketones (excluding diaryl/α,β-unsaturated/α-hetero) is 3. The van der Waals surface area contributed by atoms with Gasteiger partial charge >= 0.3 is 0 Å². The first-order valence-electron chi connectivity index (χ1n) is 13.9. The van der Waals surface area contributed by atoms with Gasteiger partial charge in [-0.1, -0.05) is 67.5 Å². The van der Waals surface area contributed by atoms with Gasteiger partial charge in [-0.05, 0) is 72.1 Å². The van der Waals surface area contributed by atoms with E-state index in [4.69, 9.17) is 9.62 Å². The molecular weight excluding hydrogens is 492 g/mol. The molecule has 2 bridgehead atoms. The molecule has 4 atom stereocenters. The van der Waals surface area contributed by atoms with E-state index in [0.29, 0.717) is 30.6 Å². The Bertz CT molecular complexity index is 1270. The summed E-state index contributed by atoms with van der Waals surface area (Å²) in [5, 5.41) is 9.75. The van der Waals surface area contributed by atoms with Crippen LogP contribution in [0.4, 0.5) is 0 Å². The molecule has 6 nitrogen and oxygen atoms in total. The Morgan fingerprint density at radius 3 is 2.21 bits per heavy atom. The van der Waals surface area contributed by atoms with Gasteiger partial charge in [0.05, 0.1) is 5.41 Å². The summed E-state index contributed by atoms with van der Waals surface area (Å²) in [6, 6.07) is 8.66. The Morgan fingerprint density at radius 2 is 1.64 bits per heavy atom. The van der Waals surface area contributed by atoms with Gasteiger partial charge in [-0.2, -0.15) is 0 Å². The van der Waals surface area contributed by atoms with E-state index >= 15 is 4.79 Å². The van der Waals surface area contributed by atoms with Crippen molar-refractivity contribution in [3.05, 3.63) is 70.5 Å². The van der Waals surface area contributed by atoms with Gasteiger partial charge < -0.3 is 4.74 Å². The number of carbonyl (C=O) groups is 3. The van der Waals surface area contributed by atoms with Crippen LogP contribution in [0.25, 0.3) is 0 Å². The second-order valence-corrected chi connectivity index (χ2v) is 13.1. The fraction of sp³-hybridized carbons (Fsp3) is 0.545. The lowest BCUT2D eigenvalue weighted by molar-refractivity contribution is -0.317. The molecule has 1 aliphatic heterocycles. The summed E-state index contributed by atoms with van der Waals surface area (Å²) in [6.45, 7) is 15.4. The number of fused-ring (bicyclic) bond motifs is 3. The maximum absolute atomic E-state index is 15.1. The Labute approximate surface area is 232 Å².